The lowest BCUT2D eigenvalue weighted by Crippen LogP contribution is -2.32. The van der Waals surface area contributed by atoms with Crippen molar-refractivity contribution in [1.29, 1.82) is 0 Å². The van der Waals surface area contributed by atoms with Crippen molar-refractivity contribution in [3.05, 3.63) is 104 Å². The van der Waals surface area contributed by atoms with Crippen LogP contribution in [-0.2, 0) is 14.3 Å². The largest absolute Gasteiger partial charge is 0.452 e. The van der Waals surface area contributed by atoms with Gasteiger partial charge < -0.3 is 10.1 Å². The van der Waals surface area contributed by atoms with E-state index in [0.29, 0.717) is 11.1 Å². The molecule has 0 aliphatic heterocycles. The minimum absolute atomic E-state index is 0.102. The molecule has 158 valence electrons. The fraction of sp³-hybridized carbons (Fsp3) is 0.0909. The molecule has 1 amide bonds. The van der Waals surface area contributed by atoms with Crippen molar-refractivity contribution in [1.82, 2.24) is 5.32 Å². The Labute approximate surface area is 180 Å². The Kier molecular flexibility index (Phi) is 7.23. The number of non-ortho nitro benzene ring substituents is 1. The van der Waals surface area contributed by atoms with Crippen molar-refractivity contribution >= 4 is 35.0 Å². The van der Waals surface area contributed by atoms with Crippen LogP contribution in [-0.4, -0.2) is 23.4 Å². The number of ether oxygens (including phenoxy) is 1. The molecule has 0 fully saturated rings. The van der Waals surface area contributed by atoms with Gasteiger partial charge in [0, 0.05) is 23.1 Å². The molecule has 0 saturated heterocycles. The predicted octanol–water partition coefficient (Wildman–Crippen LogP) is 4.26. The minimum Gasteiger partial charge on any atom is -0.452 e. The molecule has 3 aromatic rings. The van der Waals surface area contributed by atoms with Crippen LogP contribution >= 0.6 is 11.3 Å². The lowest BCUT2D eigenvalue weighted by Gasteiger charge is -2.18. The van der Waals surface area contributed by atoms with E-state index >= 15 is 0 Å². The SMILES string of the molecule is O=C(COC(=O)/C=C/c1cccc([N+](=O)[O-])c1)NC(c1ccc(F)cc1)c1cccs1. The zero-order valence-corrected chi connectivity index (χ0v) is 16.9. The molecular weight excluding hydrogens is 423 g/mol. The third-order valence-electron chi connectivity index (χ3n) is 4.17. The summed E-state index contributed by atoms with van der Waals surface area (Å²) in [6.07, 6.45) is 2.45. The molecule has 9 heteroatoms. The van der Waals surface area contributed by atoms with Crippen LogP contribution in [0, 0.1) is 15.9 Å². The van der Waals surface area contributed by atoms with E-state index < -0.39 is 29.4 Å². The Morgan fingerprint density at radius 2 is 1.94 bits per heavy atom. The Hall–Kier alpha value is -3.85. The summed E-state index contributed by atoms with van der Waals surface area (Å²) in [6.45, 7) is -0.513. The van der Waals surface area contributed by atoms with Crippen molar-refractivity contribution in [2.24, 2.45) is 0 Å². The number of benzene rings is 2. The summed E-state index contributed by atoms with van der Waals surface area (Å²) in [5.41, 5.74) is 1.04. The van der Waals surface area contributed by atoms with Crippen LogP contribution in [0.5, 0.6) is 0 Å². The Morgan fingerprint density at radius 3 is 2.61 bits per heavy atom. The fourth-order valence-electron chi connectivity index (χ4n) is 2.72. The molecule has 0 spiro atoms. The molecule has 3 rings (SSSR count). The van der Waals surface area contributed by atoms with E-state index in [4.69, 9.17) is 4.74 Å². The summed E-state index contributed by atoms with van der Waals surface area (Å²) in [4.78, 5) is 35.3. The molecule has 1 heterocycles. The number of amides is 1. The summed E-state index contributed by atoms with van der Waals surface area (Å²) >= 11 is 1.43. The molecule has 0 radical (unpaired) electrons. The zero-order chi connectivity index (χ0) is 22.2. The highest BCUT2D eigenvalue weighted by molar-refractivity contribution is 7.10. The van der Waals surface area contributed by atoms with Crippen molar-refractivity contribution in [2.75, 3.05) is 6.61 Å². The molecule has 31 heavy (non-hydrogen) atoms. The molecular formula is C22H17FN2O5S. The van der Waals surface area contributed by atoms with Crippen LogP contribution in [0.2, 0.25) is 0 Å². The number of nitrogens with one attached hydrogen (secondary N) is 1. The van der Waals surface area contributed by atoms with E-state index in [2.05, 4.69) is 5.32 Å². The average Bonchev–Trinajstić information content (AvgIpc) is 3.30. The summed E-state index contributed by atoms with van der Waals surface area (Å²) < 4.78 is 18.2. The number of nitrogens with zero attached hydrogens (tertiary/aromatic N) is 1. The van der Waals surface area contributed by atoms with Gasteiger partial charge in [-0.1, -0.05) is 30.3 Å². The van der Waals surface area contributed by atoms with E-state index in [1.165, 1.54) is 47.7 Å². The van der Waals surface area contributed by atoms with Gasteiger partial charge in [-0.2, -0.15) is 0 Å². The molecule has 1 atom stereocenters. The van der Waals surface area contributed by atoms with E-state index in [0.717, 1.165) is 11.0 Å². The highest BCUT2D eigenvalue weighted by atomic mass is 32.1. The van der Waals surface area contributed by atoms with Gasteiger partial charge in [0.2, 0.25) is 0 Å². The second-order valence-electron chi connectivity index (χ2n) is 6.36. The first-order valence-corrected chi connectivity index (χ1v) is 9.98. The van der Waals surface area contributed by atoms with E-state index in [-0.39, 0.29) is 11.5 Å². The Morgan fingerprint density at radius 1 is 1.16 bits per heavy atom. The molecule has 1 aromatic heterocycles. The number of carbonyl (C=O) groups excluding carboxylic acids is 2. The van der Waals surface area contributed by atoms with Crippen LogP contribution in [0.15, 0.2) is 72.1 Å². The smallest absolute Gasteiger partial charge is 0.331 e. The van der Waals surface area contributed by atoms with Gasteiger partial charge in [0.25, 0.3) is 11.6 Å². The van der Waals surface area contributed by atoms with Crippen molar-refractivity contribution in [2.45, 2.75) is 6.04 Å². The van der Waals surface area contributed by atoms with Crippen LogP contribution in [0.25, 0.3) is 6.08 Å². The molecule has 1 N–H and O–H groups in total. The van der Waals surface area contributed by atoms with Gasteiger partial charge in [-0.25, -0.2) is 9.18 Å². The summed E-state index contributed by atoms with van der Waals surface area (Å²) in [7, 11) is 0. The molecule has 2 aromatic carbocycles. The number of carbonyl (C=O) groups is 2. The number of halogens is 1. The molecule has 1 unspecified atom stereocenters. The highest BCUT2D eigenvalue weighted by Crippen LogP contribution is 2.26. The van der Waals surface area contributed by atoms with Gasteiger partial charge >= 0.3 is 5.97 Å². The first-order valence-electron chi connectivity index (χ1n) is 9.10. The van der Waals surface area contributed by atoms with Crippen molar-refractivity contribution in [3.63, 3.8) is 0 Å². The number of esters is 1. The normalized spacial score (nSPS) is 11.8. The number of rotatable bonds is 8. The van der Waals surface area contributed by atoms with Crippen molar-refractivity contribution < 1.29 is 23.6 Å². The van der Waals surface area contributed by atoms with E-state index in [9.17, 15) is 24.1 Å². The quantitative estimate of drug-likeness (QED) is 0.244. The van der Waals surface area contributed by atoms with E-state index in [1.807, 2.05) is 17.5 Å². The lowest BCUT2D eigenvalue weighted by molar-refractivity contribution is -0.384. The van der Waals surface area contributed by atoms with Crippen molar-refractivity contribution in [3.8, 4) is 0 Å². The Bertz CT molecular complexity index is 1100. The molecule has 7 nitrogen and oxygen atoms in total. The van der Waals surface area contributed by atoms with E-state index in [1.54, 1.807) is 18.2 Å². The van der Waals surface area contributed by atoms with Gasteiger partial charge in [-0.3, -0.25) is 14.9 Å². The topological polar surface area (TPSA) is 98.5 Å². The summed E-state index contributed by atoms with van der Waals surface area (Å²) in [6, 6.07) is 14.7. The third kappa shape index (κ3) is 6.31. The number of nitro benzene ring substituents is 1. The number of thiophene rings is 1. The minimum atomic E-state index is -0.767. The van der Waals surface area contributed by atoms with Crippen LogP contribution in [0.3, 0.4) is 0 Å². The molecule has 0 aliphatic rings. The van der Waals surface area contributed by atoms with Crippen LogP contribution in [0.1, 0.15) is 22.0 Å². The van der Waals surface area contributed by atoms with Crippen LogP contribution in [0.4, 0.5) is 10.1 Å². The fourth-order valence-corrected chi connectivity index (χ4v) is 3.53. The maximum absolute atomic E-state index is 13.2. The summed E-state index contributed by atoms with van der Waals surface area (Å²) in [5, 5.41) is 15.4. The van der Waals surface area contributed by atoms with Gasteiger partial charge in [0.15, 0.2) is 6.61 Å². The molecule has 0 bridgehead atoms. The Balaban J connectivity index is 1.59. The third-order valence-corrected chi connectivity index (χ3v) is 5.11. The van der Waals surface area contributed by atoms with Gasteiger partial charge in [-0.15, -0.1) is 11.3 Å². The van der Waals surface area contributed by atoms with Gasteiger partial charge in [0.1, 0.15) is 5.82 Å². The zero-order valence-electron chi connectivity index (χ0n) is 16.1. The number of nitro groups is 1. The summed E-state index contributed by atoms with van der Waals surface area (Å²) in [5.74, 6) is -1.68. The monoisotopic (exact) mass is 440 g/mol. The average molecular weight is 440 g/mol. The number of hydrogen-bond donors (Lipinski definition) is 1. The second kappa shape index (κ2) is 10.3. The first kappa shape index (κ1) is 21.8. The standard InChI is InChI=1S/C22H17FN2O5S/c23-17-9-7-16(8-10-17)22(19-5-2-12-31-19)24-20(26)14-30-21(27)11-6-15-3-1-4-18(13-15)25(28)29/h1-13,22H,14H2,(H,24,26)/b11-6+. The molecule has 0 saturated carbocycles. The maximum Gasteiger partial charge on any atom is 0.331 e. The van der Waals surface area contributed by atoms with Gasteiger partial charge in [0.05, 0.1) is 11.0 Å². The molecule has 0 aliphatic carbocycles. The van der Waals surface area contributed by atoms with Crippen LogP contribution < -0.4 is 5.32 Å². The highest BCUT2D eigenvalue weighted by Gasteiger charge is 2.18. The second-order valence-corrected chi connectivity index (χ2v) is 7.34. The maximum atomic E-state index is 13.2. The first-order chi connectivity index (χ1) is 14.9. The lowest BCUT2D eigenvalue weighted by atomic mass is 10.1. The number of hydrogen-bond acceptors (Lipinski definition) is 6. The predicted molar refractivity (Wildman–Crippen MR) is 114 cm³/mol. The van der Waals surface area contributed by atoms with Gasteiger partial charge in [-0.05, 0) is 40.8 Å².